The van der Waals surface area contributed by atoms with Gasteiger partial charge in [-0.1, -0.05) is 32.9 Å². The lowest BCUT2D eigenvalue weighted by Gasteiger charge is -2.31. The minimum atomic E-state index is -0.544. The van der Waals surface area contributed by atoms with Gasteiger partial charge in [0.05, 0.1) is 19.3 Å². The van der Waals surface area contributed by atoms with Gasteiger partial charge in [0.1, 0.15) is 6.04 Å². The van der Waals surface area contributed by atoms with Gasteiger partial charge in [0, 0.05) is 24.1 Å². The standard InChI is InChI=1S/C18H23N3O3/c1-18(2,3)17(23)20-11-13-4-6-14(7-5-13)16(22)21-8-9-24-12-15(21)10-19/h4-7,15H,8-9,11-12H2,1-3H3,(H,20,23). The van der Waals surface area contributed by atoms with Crippen molar-refractivity contribution < 1.29 is 14.3 Å². The van der Waals surface area contributed by atoms with E-state index in [1.54, 1.807) is 17.0 Å². The van der Waals surface area contributed by atoms with Gasteiger partial charge in [-0.25, -0.2) is 0 Å². The highest BCUT2D eigenvalue weighted by Crippen LogP contribution is 2.15. The summed E-state index contributed by atoms with van der Waals surface area (Å²) < 4.78 is 5.23. The molecule has 1 aromatic rings. The lowest BCUT2D eigenvalue weighted by molar-refractivity contribution is -0.128. The molecule has 1 saturated heterocycles. The highest BCUT2D eigenvalue weighted by atomic mass is 16.5. The van der Waals surface area contributed by atoms with E-state index in [1.165, 1.54) is 0 Å². The molecule has 1 N–H and O–H groups in total. The van der Waals surface area contributed by atoms with Crippen LogP contribution in [0, 0.1) is 16.7 Å². The van der Waals surface area contributed by atoms with Crippen LogP contribution < -0.4 is 5.32 Å². The van der Waals surface area contributed by atoms with Gasteiger partial charge in [0.25, 0.3) is 5.91 Å². The normalized spacial score (nSPS) is 17.9. The Labute approximate surface area is 142 Å². The van der Waals surface area contributed by atoms with E-state index in [-0.39, 0.29) is 18.4 Å². The van der Waals surface area contributed by atoms with Crippen LogP contribution in [0.25, 0.3) is 0 Å². The third kappa shape index (κ3) is 4.33. The van der Waals surface area contributed by atoms with Crippen molar-refractivity contribution in [2.75, 3.05) is 19.8 Å². The van der Waals surface area contributed by atoms with Gasteiger partial charge in [0.15, 0.2) is 0 Å². The van der Waals surface area contributed by atoms with E-state index >= 15 is 0 Å². The fraction of sp³-hybridized carbons (Fsp3) is 0.500. The van der Waals surface area contributed by atoms with Crippen LogP contribution in [0.1, 0.15) is 36.7 Å². The molecule has 2 rings (SSSR count). The number of nitrogens with one attached hydrogen (secondary N) is 1. The molecule has 128 valence electrons. The molecule has 0 aromatic heterocycles. The molecule has 1 unspecified atom stereocenters. The Morgan fingerprint density at radius 3 is 2.58 bits per heavy atom. The summed E-state index contributed by atoms with van der Waals surface area (Å²) in [6.45, 7) is 7.11. The SMILES string of the molecule is CC(C)(C)C(=O)NCc1ccc(C(=O)N2CCOCC2C#N)cc1. The fourth-order valence-corrected chi connectivity index (χ4v) is 2.33. The first-order valence-corrected chi connectivity index (χ1v) is 7.98. The lowest BCUT2D eigenvalue weighted by Crippen LogP contribution is -2.47. The highest BCUT2D eigenvalue weighted by Gasteiger charge is 2.27. The average molecular weight is 329 g/mol. The Morgan fingerprint density at radius 2 is 2.00 bits per heavy atom. The molecule has 1 fully saturated rings. The summed E-state index contributed by atoms with van der Waals surface area (Å²) in [5.41, 5.74) is 1.02. The summed E-state index contributed by atoms with van der Waals surface area (Å²) in [5.74, 6) is -0.192. The van der Waals surface area contributed by atoms with Crippen LogP contribution in [0.15, 0.2) is 24.3 Å². The van der Waals surface area contributed by atoms with Crippen molar-refractivity contribution in [2.24, 2.45) is 5.41 Å². The summed E-state index contributed by atoms with van der Waals surface area (Å²) in [5, 5.41) is 12.0. The van der Waals surface area contributed by atoms with Crippen molar-refractivity contribution in [2.45, 2.75) is 33.4 Å². The summed E-state index contributed by atoms with van der Waals surface area (Å²) in [7, 11) is 0. The molecular weight excluding hydrogens is 306 g/mol. The van der Waals surface area contributed by atoms with Crippen molar-refractivity contribution in [3.8, 4) is 6.07 Å². The minimum Gasteiger partial charge on any atom is -0.376 e. The van der Waals surface area contributed by atoms with E-state index in [0.717, 1.165) is 5.56 Å². The number of morpholine rings is 1. The fourth-order valence-electron chi connectivity index (χ4n) is 2.33. The van der Waals surface area contributed by atoms with Gasteiger partial charge in [-0.2, -0.15) is 5.26 Å². The molecule has 1 aliphatic rings. The second kappa shape index (κ2) is 7.45. The van der Waals surface area contributed by atoms with Crippen molar-refractivity contribution in [3.05, 3.63) is 35.4 Å². The number of nitriles is 1. The molecule has 0 radical (unpaired) electrons. The summed E-state index contributed by atoms with van der Waals surface area (Å²) in [6.07, 6.45) is 0. The first kappa shape index (κ1) is 18.0. The van der Waals surface area contributed by atoms with E-state index in [9.17, 15) is 9.59 Å². The molecule has 0 bridgehead atoms. The first-order valence-electron chi connectivity index (χ1n) is 7.98. The van der Waals surface area contributed by atoms with Crippen molar-refractivity contribution in [1.29, 1.82) is 5.26 Å². The predicted octanol–water partition coefficient (Wildman–Crippen LogP) is 1.71. The van der Waals surface area contributed by atoms with Gasteiger partial charge < -0.3 is 15.0 Å². The predicted molar refractivity (Wildman–Crippen MR) is 89.0 cm³/mol. The van der Waals surface area contributed by atoms with Crippen molar-refractivity contribution in [1.82, 2.24) is 10.2 Å². The Hall–Kier alpha value is -2.39. The van der Waals surface area contributed by atoms with Crippen LogP contribution in [0.2, 0.25) is 0 Å². The van der Waals surface area contributed by atoms with Crippen molar-refractivity contribution >= 4 is 11.8 Å². The molecule has 1 aliphatic heterocycles. The third-order valence-corrected chi connectivity index (χ3v) is 3.87. The zero-order valence-electron chi connectivity index (χ0n) is 14.3. The van der Waals surface area contributed by atoms with Crippen LogP contribution in [-0.4, -0.2) is 42.5 Å². The number of rotatable bonds is 3. The smallest absolute Gasteiger partial charge is 0.255 e. The topological polar surface area (TPSA) is 82.4 Å². The van der Waals surface area contributed by atoms with E-state index in [2.05, 4.69) is 11.4 Å². The molecule has 1 atom stereocenters. The Kier molecular flexibility index (Phi) is 5.58. The molecular formula is C18H23N3O3. The van der Waals surface area contributed by atoms with E-state index in [0.29, 0.717) is 25.3 Å². The van der Waals surface area contributed by atoms with Crippen LogP contribution in [0.5, 0.6) is 0 Å². The van der Waals surface area contributed by atoms with Gasteiger partial charge in [-0.05, 0) is 17.7 Å². The van der Waals surface area contributed by atoms with Crippen molar-refractivity contribution in [3.63, 3.8) is 0 Å². The van der Waals surface area contributed by atoms with E-state index < -0.39 is 11.5 Å². The zero-order chi connectivity index (χ0) is 17.7. The van der Waals surface area contributed by atoms with Crippen LogP contribution in [0.4, 0.5) is 0 Å². The van der Waals surface area contributed by atoms with Gasteiger partial charge >= 0.3 is 0 Å². The maximum Gasteiger partial charge on any atom is 0.255 e. The summed E-state index contributed by atoms with van der Waals surface area (Å²) >= 11 is 0. The minimum absolute atomic E-state index is 0.0205. The largest absolute Gasteiger partial charge is 0.376 e. The molecule has 0 saturated carbocycles. The van der Waals surface area contributed by atoms with E-state index in [1.807, 2.05) is 32.9 Å². The summed E-state index contributed by atoms with van der Waals surface area (Å²) in [4.78, 5) is 25.9. The Morgan fingerprint density at radius 1 is 1.33 bits per heavy atom. The Bertz CT molecular complexity index is 641. The van der Waals surface area contributed by atoms with Gasteiger partial charge in [-0.3, -0.25) is 9.59 Å². The highest BCUT2D eigenvalue weighted by molar-refractivity contribution is 5.94. The number of hydrogen-bond donors (Lipinski definition) is 1. The molecule has 0 aliphatic carbocycles. The number of amides is 2. The molecule has 0 spiro atoms. The summed E-state index contributed by atoms with van der Waals surface area (Å²) in [6, 6.07) is 8.64. The average Bonchev–Trinajstić information content (AvgIpc) is 2.58. The Balaban J connectivity index is 2.00. The quantitative estimate of drug-likeness (QED) is 0.915. The number of nitrogens with zero attached hydrogens (tertiary/aromatic N) is 2. The van der Waals surface area contributed by atoms with Gasteiger partial charge in [-0.15, -0.1) is 0 Å². The van der Waals surface area contributed by atoms with Gasteiger partial charge in [0.2, 0.25) is 5.91 Å². The molecule has 2 amide bonds. The number of carbonyl (C=O) groups excluding carboxylic acids is 2. The first-order chi connectivity index (χ1) is 11.3. The maximum atomic E-state index is 12.5. The zero-order valence-corrected chi connectivity index (χ0v) is 14.3. The second-order valence-corrected chi connectivity index (χ2v) is 6.85. The monoisotopic (exact) mass is 329 g/mol. The van der Waals surface area contributed by atoms with Crippen LogP contribution >= 0.6 is 0 Å². The van der Waals surface area contributed by atoms with Crippen LogP contribution in [-0.2, 0) is 16.1 Å². The van der Waals surface area contributed by atoms with E-state index in [4.69, 9.17) is 10.00 Å². The maximum absolute atomic E-state index is 12.5. The lowest BCUT2D eigenvalue weighted by atomic mass is 9.95. The second-order valence-electron chi connectivity index (χ2n) is 6.85. The van der Waals surface area contributed by atoms with Crippen LogP contribution in [0.3, 0.4) is 0 Å². The number of ether oxygens (including phenoxy) is 1. The number of carbonyl (C=O) groups is 2. The third-order valence-electron chi connectivity index (χ3n) is 3.87. The molecule has 1 heterocycles. The molecule has 6 nitrogen and oxygen atoms in total. The molecule has 6 heteroatoms. The number of benzene rings is 1. The molecule has 1 aromatic carbocycles. The molecule has 24 heavy (non-hydrogen) atoms. The number of hydrogen-bond acceptors (Lipinski definition) is 4.